The molecule has 104 valence electrons. The normalized spacial score (nSPS) is 15.2. The topological polar surface area (TPSA) is 68.9 Å². The number of anilines is 1. The number of aliphatic imine (C=N–C) groups is 1. The first-order chi connectivity index (χ1) is 9.15. The van der Waals surface area contributed by atoms with Crippen LogP contribution in [-0.4, -0.2) is 25.7 Å². The third-order valence-electron chi connectivity index (χ3n) is 2.65. The Balaban J connectivity index is 2.05. The number of ether oxygens (including phenoxy) is 2. The van der Waals surface area contributed by atoms with Crippen LogP contribution in [0.2, 0.25) is 0 Å². The van der Waals surface area contributed by atoms with Crippen LogP contribution in [-0.2, 0) is 0 Å². The molecule has 1 aromatic carbocycles. The lowest BCUT2D eigenvalue weighted by atomic mass is 10.2. The molecule has 0 fully saturated rings. The first-order valence-corrected chi connectivity index (χ1v) is 6.62. The van der Waals surface area contributed by atoms with Crippen molar-refractivity contribution in [2.75, 3.05) is 25.1 Å². The van der Waals surface area contributed by atoms with Crippen LogP contribution in [0.15, 0.2) is 23.2 Å². The Bertz CT molecular complexity index is 458. The van der Waals surface area contributed by atoms with Gasteiger partial charge in [0.15, 0.2) is 17.5 Å². The minimum atomic E-state index is 0.420. The molecule has 2 rings (SSSR count). The van der Waals surface area contributed by atoms with Gasteiger partial charge in [-0.25, -0.2) is 0 Å². The Morgan fingerprint density at radius 3 is 2.79 bits per heavy atom. The molecule has 0 aliphatic carbocycles. The van der Waals surface area contributed by atoms with Crippen molar-refractivity contribution in [1.82, 2.24) is 0 Å². The quantitative estimate of drug-likeness (QED) is 0.648. The standard InChI is InChI=1S/C14H21N3O2/c1-10(2)9-16-14(15)17-11-4-5-12-13(8-11)19-7-3-6-18-12/h4-5,8,10H,3,6-7,9H2,1-2H3,(H3,15,16,17). The van der Waals surface area contributed by atoms with E-state index in [1.807, 2.05) is 18.2 Å². The van der Waals surface area contributed by atoms with Crippen LogP contribution in [0.5, 0.6) is 11.5 Å². The third kappa shape index (κ3) is 4.05. The van der Waals surface area contributed by atoms with Gasteiger partial charge in [-0.2, -0.15) is 0 Å². The van der Waals surface area contributed by atoms with Gasteiger partial charge in [0.1, 0.15) is 0 Å². The Morgan fingerprint density at radius 1 is 1.32 bits per heavy atom. The van der Waals surface area contributed by atoms with Crippen molar-refractivity contribution in [2.24, 2.45) is 16.6 Å². The molecule has 19 heavy (non-hydrogen) atoms. The maximum absolute atomic E-state index is 5.83. The highest BCUT2D eigenvalue weighted by molar-refractivity contribution is 5.92. The Morgan fingerprint density at radius 2 is 2.05 bits per heavy atom. The predicted molar refractivity (Wildman–Crippen MR) is 77.0 cm³/mol. The van der Waals surface area contributed by atoms with E-state index in [1.54, 1.807) is 0 Å². The molecule has 1 aliphatic heterocycles. The number of nitrogens with one attached hydrogen (secondary N) is 1. The fraction of sp³-hybridized carbons (Fsp3) is 0.500. The first kappa shape index (κ1) is 13.5. The fourth-order valence-electron chi connectivity index (χ4n) is 1.71. The molecule has 0 amide bonds. The van der Waals surface area contributed by atoms with Gasteiger partial charge >= 0.3 is 0 Å². The summed E-state index contributed by atoms with van der Waals surface area (Å²) in [7, 11) is 0. The van der Waals surface area contributed by atoms with Gasteiger partial charge < -0.3 is 20.5 Å². The van der Waals surface area contributed by atoms with E-state index in [0.29, 0.717) is 31.6 Å². The van der Waals surface area contributed by atoms with Crippen LogP contribution >= 0.6 is 0 Å². The van der Waals surface area contributed by atoms with Crippen molar-refractivity contribution < 1.29 is 9.47 Å². The second kappa shape index (κ2) is 6.31. The number of benzene rings is 1. The predicted octanol–water partition coefficient (Wildman–Crippen LogP) is 2.23. The number of fused-ring (bicyclic) bond motifs is 1. The van der Waals surface area contributed by atoms with E-state index in [2.05, 4.69) is 24.2 Å². The molecule has 1 aliphatic rings. The monoisotopic (exact) mass is 263 g/mol. The number of rotatable bonds is 3. The van der Waals surface area contributed by atoms with E-state index < -0.39 is 0 Å². The highest BCUT2D eigenvalue weighted by Gasteiger charge is 2.10. The average Bonchev–Trinajstić information content (AvgIpc) is 2.61. The second-order valence-electron chi connectivity index (χ2n) is 4.96. The van der Waals surface area contributed by atoms with Crippen LogP contribution in [0.3, 0.4) is 0 Å². The van der Waals surface area contributed by atoms with Crippen LogP contribution in [0.1, 0.15) is 20.3 Å². The average molecular weight is 263 g/mol. The summed E-state index contributed by atoms with van der Waals surface area (Å²) in [6.07, 6.45) is 0.898. The van der Waals surface area contributed by atoms with E-state index in [1.165, 1.54) is 0 Å². The van der Waals surface area contributed by atoms with Crippen molar-refractivity contribution in [3.8, 4) is 11.5 Å². The van der Waals surface area contributed by atoms with Crippen LogP contribution in [0.4, 0.5) is 5.69 Å². The summed E-state index contributed by atoms with van der Waals surface area (Å²) in [4.78, 5) is 4.26. The maximum Gasteiger partial charge on any atom is 0.193 e. The van der Waals surface area contributed by atoms with Gasteiger partial charge in [-0.3, -0.25) is 4.99 Å². The van der Waals surface area contributed by atoms with Gasteiger partial charge in [0.05, 0.1) is 13.2 Å². The van der Waals surface area contributed by atoms with Crippen LogP contribution < -0.4 is 20.5 Å². The van der Waals surface area contributed by atoms with E-state index in [0.717, 1.165) is 23.6 Å². The summed E-state index contributed by atoms with van der Waals surface area (Å²) in [5.74, 6) is 2.44. The van der Waals surface area contributed by atoms with E-state index in [9.17, 15) is 0 Å². The third-order valence-corrected chi connectivity index (χ3v) is 2.65. The van der Waals surface area contributed by atoms with Crippen molar-refractivity contribution in [1.29, 1.82) is 0 Å². The Hall–Kier alpha value is -1.91. The second-order valence-corrected chi connectivity index (χ2v) is 4.96. The van der Waals surface area contributed by atoms with Gasteiger partial charge in [-0.05, 0) is 18.1 Å². The summed E-state index contributed by atoms with van der Waals surface area (Å²) in [6, 6.07) is 5.68. The summed E-state index contributed by atoms with van der Waals surface area (Å²) in [6.45, 7) is 6.28. The molecule has 3 N–H and O–H groups in total. The minimum Gasteiger partial charge on any atom is -0.490 e. The lowest BCUT2D eigenvalue weighted by Crippen LogP contribution is -2.23. The number of nitrogens with two attached hydrogens (primary N) is 1. The molecular formula is C14H21N3O2. The smallest absolute Gasteiger partial charge is 0.193 e. The molecule has 0 bridgehead atoms. The Labute approximate surface area is 113 Å². The first-order valence-electron chi connectivity index (χ1n) is 6.62. The van der Waals surface area contributed by atoms with Crippen LogP contribution in [0, 0.1) is 5.92 Å². The van der Waals surface area contributed by atoms with Gasteiger partial charge in [-0.1, -0.05) is 13.8 Å². The summed E-state index contributed by atoms with van der Waals surface area (Å²) in [5, 5.41) is 3.06. The molecule has 0 saturated heterocycles. The fourth-order valence-corrected chi connectivity index (χ4v) is 1.71. The molecule has 0 radical (unpaired) electrons. The number of guanidine groups is 1. The number of hydrogen-bond donors (Lipinski definition) is 2. The highest BCUT2D eigenvalue weighted by atomic mass is 16.5. The zero-order chi connectivity index (χ0) is 13.7. The van der Waals surface area contributed by atoms with Crippen molar-refractivity contribution >= 4 is 11.6 Å². The van der Waals surface area contributed by atoms with Gasteiger partial charge in [0.25, 0.3) is 0 Å². The van der Waals surface area contributed by atoms with E-state index in [4.69, 9.17) is 15.2 Å². The molecule has 0 saturated carbocycles. The molecule has 0 aromatic heterocycles. The summed E-state index contributed by atoms with van der Waals surface area (Å²) < 4.78 is 11.2. The van der Waals surface area contributed by atoms with Crippen molar-refractivity contribution in [3.63, 3.8) is 0 Å². The van der Waals surface area contributed by atoms with Gasteiger partial charge in [-0.15, -0.1) is 0 Å². The number of hydrogen-bond acceptors (Lipinski definition) is 3. The molecule has 1 heterocycles. The van der Waals surface area contributed by atoms with E-state index >= 15 is 0 Å². The molecule has 0 unspecified atom stereocenters. The Kier molecular flexibility index (Phi) is 4.49. The SMILES string of the molecule is CC(C)CN=C(N)Nc1ccc2c(c1)OCCCO2. The lowest BCUT2D eigenvalue weighted by molar-refractivity contribution is 0.297. The van der Waals surface area contributed by atoms with Crippen molar-refractivity contribution in [2.45, 2.75) is 20.3 Å². The lowest BCUT2D eigenvalue weighted by Gasteiger charge is -2.11. The molecule has 5 heteroatoms. The van der Waals surface area contributed by atoms with Gasteiger partial charge in [0, 0.05) is 24.7 Å². The minimum absolute atomic E-state index is 0.420. The molecular weight excluding hydrogens is 242 g/mol. The van der Waals surface area contributed by atoms with Gasteiger partial charge in [0.2, 0.25) is 0 Å². The molecule has 0 atom stereocenters. The summed E-state index contributed by atoms with van der Waals surface area (Å²) >= 11 is 0. The number of nitrogens with zero attached hydrogens (tertiary/aromatic N) is 1. The van der Waals surface area contributed by atoms with E-state index in [-0.39, 0.29) is 0 Å². The molecule has 1 aromatic rings. The summed E-state index contributed by atoms with van der Waals surface area (Å²) in [5.41, 5.74) is 6.68. The zero-order valence-electron chi connectivity index (χ0n) is 11.5. The molecule has 0 spiro atoms. The highest BCUT2D eigenvalue weighted by Crippen LogP contribution is 2.32. The van der Waals surface area contributed by atoms with Crippen LogP contribution in [0.25, 0.3) is 0 Å². The zero-order valence-corrected chi connectivity index (χ0v) is 11.5. The largest absolute Gasteiger partial charge is 0.490 e. The van der Waals surface area contributed by atoms with Crippen molar-refractivity contribution in [3.05, 3.63) is 18.2 Å². The molecule has 5 nitrogen and oxygen atoms in total. The maximum atomic E-state index is 5.83.